The molecule has 2 aliphatic carbocycles. The SMILES string of the molecule is O=C1CCN(c2cnc3c(C#CC4CCN(CC5CCC(NC(=O)[C@@H]6NC7(CCCCC7)C7(C(=O)Nc8cc(Cl)ccc87)[C@H]6c6cccc(Cl)c6F)CC5)CC4)cccn23)C(=O)N1. The molecule has 5 fully saturated rings. The van der Waals surface area contributed by atoms with E-state index in [1.807, 2.05) is 28.8 Å². The second kappa shape index (κ2) is 16.8. The van der Waals surface area contributed by atoms with Gasteiger partial charge in [-0.05, 0) is 112 Å². The number of nitrogens with zero attached hydrogens (tertiary/aromatic N) is 4. The average Bonchev–Trinajstić information content (AvgIpc) is 3.93. The standard InChI is InChI=1S/C48H51Cl2FN8O4/c49-32-13-16-35-37(26-32)54-45(62)48(35)40(34-7-4-8-36(50)41(34)51)42(56-47(48)20-2-1-3-21-47)44(61)53-33-14-10-30(11-15-33)28-57-23-17-29(18-24-57)9-12-31-6-5-22-58-39(27-52-43(31)58)59-25-19-38(60)55-46(59)63/h4-8,13,16,22,26-27,29-30,33,40,42,56H,1-3,10-11,14-15,17-21,23-25,28H2,(H,53,61)(H,54,62)(H,55,60,63)/t30?,33?,40-,42+,48?/m0/s1. The fourth-order valence-corrected chi connectivity index (χ4v) is 12.2. The van der Waals surface area contributed by atoms with Crippen molar-refractivity contribution in [2.24, 2.45) is 11.8 Å². The summed E-state index contributed by atoms with van der Waals surface area (Å²) in [5.74, 6) is 6.09. The number of urea groups is 1. The molecule has 0 bridgehead atoms. The highest BCUT2D eigenvalue weighted by atomic mass is 35.5. The summed E-state index contributed by atoms with van der Waals surface area (Å²) >= 11 is 12.9. The lowest BCUT2D eigenvalue weighted by atomic mass is 9.55. The summed E-state index contributed by atoms with van der Waals surface area (Å²) in [7, 11) is 0. The minimum Gasteiger partial charge on any atom is -0.352 e. The molecule has 4 N–H and O–H groups in total. The summed E-state index contributed by atoms with van der Waals surface area (Å²) in [6, 6.07) is 12.8. The summed E-state index contributed by atoms with van der Waals surface area (Å²) in [6.45, 7) is 3.25. The van der Waals surface area contributed by atoms with E-state index in [9.17, 15) is 19.2 Å². The minimum atomic E-state index is -1.26. The lowest BCUT2D eigenvalue weighted by Gasteiger charge is -2.47. The van der Waals surface area contributed by atoms with Crippen molar-refractivity contribution in [2.75, 3.05) is 36.4 Å². The zero-order valence-corrected chi connectivity index (χ0v) is 36.5. The smallest absolute Gasteiger partial charge is 0.329 e. The molecule has 2 aromatic heterocycles. The number of aromatic nitrogens is 2. The molecule has 328 valence electrons. The van der Waals surface area contributed by atoms with Crippen molar-refractivity contribution in [3.8, 4) is 11.8 Å². The van der Waals surface area contributed by atoms with Crippen molar-refractivity contribution < 1.29 is 23.6 Å². The van der Waals surface area contributed by atoms with Crippen LogP contribution in [-0.2, 0) is 19.8 Å². The highest BCUT2D eigenvalue weighted by molar-refractivity contribution is 6.31. The molecule has 5 amide bonds. The van der Waals surface area contributed by atoms with Crippen LogP contribution in [0.4, 0.5) is 20.7 Å². The molecule has 6 aliphatic rings. The van der Waals surface area contributed by atoms with Crippen molar-refractivity contribution in [1.29, 1.82) is 0 Å². The van der Waals surface area contributed by atoms with E-state index in [4.69, 9.17) is 23.2 Å². The van der Waals surface area contributed by atoms with Crippen molar-refractivity contribution in [3.05, 3.63) is 93.5 Å². The lowest BCUT2D eigenvalue weighted by molar-refractivity contribution is -0.125. The van der Waals surface area contributed by atoms with Crippen LogP contribution in [0.25, 0.3) is 5.65 Å². The quantitative estimate of drug-likeness (QED) is 0.149. The molecule has 2 saturated carbocycles. The van der Waals surface area contributed by atoms with Crippen LogP contribution in [0.3, 0.4) is 0 Å². The topological polar surface area (TPSA) is 140 Å². The van der Waals surface area contributed by atoms with Crippen molar-refractivity contribution in [3.63, 3.8) is 0 Å². The summed E-state index contributed by atoms with van der Waals surface area (Å²) < 4.78 is 18.2. The Kier molecular flexibility index (Phi) is 11.2. The predicted molar refractivity (Wildman–Crippen MR) is 239 cm³/mol. The van der Waals surface area contributed by atoms with E-state index >= 15 is 4.39 Å². The van der Waals surface area contributed by atoms with Crippen LogP contribution in [0.1, 0.15) is 99.7 Å². The second-order valence-corrected chi connectivity index (χ2v) is 19.2. The van der Waals surface area contributed by atoms with Gasteiger partial charge in [0.2, 0.25) is 17.7 Å². The van der Waals surface area contributed by atoms with Crippen LogP contribution in [-0.4, -0.2) is 81.8 Å². The number of halogens is 3. The number of carbonyl (C=O) groups is 4. The molecule has 6 heterocycles. The Labute approximate surface area is 376 Å². The van der Waals surface area contributed by atoms with E-state index in [-0.39, 0.29) is 46.7 Å². The van der Waals surface area contributed by atoms with Crippen LogP contribution in [0.2, 0.25) is 10.0 Å². The second-order valence-electron chi connectivity index (χ2n) is 18.4. The van der Waals surface area contributed by atoms with E-state index in [1.165, 1.54) is 11.0 Å². The van der Waals surface area contributed by atoms with Gasteiger partial charge in [0.05, 0.1) is 22.8 Å². The Morgan fingerprint density at radius 3 is 2.51 bits per heavy atom. The van der Waals surface area contributed by atoms with Gasteiger partial charge in [0.15, 0.2) is 5.65 Å². The zero-order chi connectivity index (χ0) is 43.5. The lowest BCUT2D eigenvalue weighted by Crippen LogP contribution is -2.60. The molecule has 12 nitrogen and oxygen atoms in total. The van der Waals surface area contributed by atoms with Crippen molar-refractivity contribution in [2.45, 2.75) is 106 Å². The molecular formula is C48H51Cl2FN8O4. The van der Waals surface area contributed by atoms with Gasteiger partial charge in [-0.2, -0.15) is 0 Å². The van der Waals surface area contributed by atoms with Crippen LogP contribution in [0.5, 0.6) is 0 Å². The summed E-state index contributed by atoms with van der Waals surface area (Å²) in [5.41, 5.74) is 1.06. The van der Waals surface area contributed by atoms with Gasteiger partial charge in [-0.3, -0.25) is 34.3 Å². The molecule has 63 heavy (non-hydrogen) atoms. The Morgan fingerprint density at radius 1 is 0.937 bits per heavy atom. The van der Waals surface area contributed by atoms with Gasteiger partial charge in [-0.15, -0.1) is 0 Å². The number of anilines is 2. The Bertz CT molecular complexity index is 2550. The first kappa shape index (κ1) is 42.0. The van der Waals surface area contributed by atoms with Crippen molar-refractivity contribution in [1.82, 2.24) is 30.2 Å². The van der Waals surface area contributed by atoms with Gasteiger partial charge in [0.25, 0.3) is 0 Å². The van der Waals surface area contributed by atoms with Gasteiger partial charge in [0, 0.05) is 59.8 Å². The van der Waals surface area contributed by atoms with Crippen LogP contribution in [0.15, 0.2) is 60.9 Å². The fraction of sp³-hybridized carbons (Fsp3) is 0.479. The Balaban J connectivity index is 0.783. The number of nitrogens with one attached hydrogen (secondary N) is 4. The number of fused-ring (bicyclic) bond motifs is 4. The van der Waals surface area contributed by atoms with Gasteiger partial charge < -0.3 is 15.5 Å². The van der Waals surface area contributed by atoms with Crippen LogP contribution in [0, 0.1) is 29.5 Å². The molecule has 3 atom stereocenters. The molecule has 4 aliphatic heterocycles. The third-order valence-corrected chi connectivity index (χ3v) is 15.4. The number of imidazole rings is 1. The number of rotatable bonds is 6. The number of hydrogen-bond donors (Lipinski definition) is 4. The van der Waals surface area contributed by atoms with Gasteiger partial charge in [0.1, 0.15) is 17.1 Å². The monoisotopic (exact) mass is 892 g/mol. The maximum Gasteiger partial charge on any atom is 0.329 e. The number of likely N-dealkylation sites (tertiary alicyclic amines) is 1. The Morgan fingerprint density at radius 2 is 1.73 bits per heavy atom. The molecule has 4 aromatic rings. The molecule has 3 saturated heterocycles. The van der Waals surface area contributed by atoms with E-state index < -0.39 is 34.8 Å². The number of imide groups is 1. The first-order chi connectivity index (χ1) is 30.5. The molecule has 15 heteroatoms. The number of pyridine rings is 1. The summed E-state index contributed by atoms with van der Waals surface area (Å²) in [4.78, 5) is 62.2. The predicted octanol–water partition coefficient (Wildman–Crippen LogP) is 7.31. The first-order valence-corrected chi connectivity index (χ1v) is 23.2. The largest absolute Gasteiger partial charge is 0.352 e. The maximum absolute atomic E-state index is 16.3. The summed E-state index contributed by atoms with van der Waals surface area (Å²) in [5, 5.41) is 13.1. The normalized spacial score (nSPS) is 27.3. The molecule has 10 rings (SSSR count). The van der Waals surface area contributed by atoms with E-state index in [0.717, 1.165) is 88.5 Å². The fourth-order valence-electron chi connectivity index (χ4n) is 11.9. The Hall–Kier alpha value is -5.00. The third kappa shape index (κ3) is 7.37. The minimum absolute atomic E-state index is 0.0272. The van der Waals surface area contributed by atoms with Gasteiger partial charge in [-0.25, -0.2) is 14.2 Å². The number of amides is 5. The number of piperidine rings is 1. The van der Waals surface area contributed by atoms with Crippen LogP contribution >= 0.6 is 23.2 Å². The molecular weight excluding hydrogens is 842 g/mol. The van der Waals surface area contributed by atoms with Crippen molar-refractivity contribution >= 4 is 64.1 Å². The van der Waals surface area contributed by atoms with Gasteiger partial charge in [-0.1, -0.05) is 72.5 Å². The number of carbonyl (C=O) groups excluding carboxylic acids is 4. The van der Waals surface area contributed by atoms with Gasteiger partial charge >= 0.3 is 6.03 Å². The first-order valence-electron chi connectivity index (χ1n) is 22.5. The zero-order valence-electron chi connectivity index (χ0n) is 35.0. The average molecular weight is 894 g/mol. The van der Waals surface area contributed by atoms with E-state index in [1.54, 1.807) is 30.5 Å². The highest BCUT2D eigenvalue weighted by Gasteiger charge is 2.72. The molecule has 1 unspecified atom stereocenters. The summed E-state index contributed by atoms with van der Waals surface area (Å²) in [6.07, 6.45) is 13.5. The van der Waals surface area contributed by atoms with E-state index in [2.05, 4.69) is 43.0 Å². The van der Waals surface area contributed by atoms with Crippen LogP contribution < -0.4 is 26.2 Å². The maximum atomic E-state index is 16.3. The number of benzene rings is 2. The third-order valence-electron chi connectivity index (χ3n) is 14.9. The highest BCUT2D eigenvalue weighted by Crippen LogP contribution is 2.63. The number of hydrogen-bond acceptors (Lipinski definition) is 7. The molecule has 0 radical (unpaired) electrons. The van der Waals surface area contributed by atoms with E-state index in [0.29, 0.717) is 47.5 Å². The molecule has 2 aromatic carbocycles. The molecule has 2 spiro atoms.